The molecule has 0 radical (unpaired) electrons. The molecule has 2 heterocycles. The number of rotatable bonds is 4. The van der Waals surface area contributed by atoms with E-state index in [1.807, 2.05) is 29.5 Å². The van der Waals surface area contributed by atoms with Gasteiger partial charge < -0.3 is 4.74 Å². The first-order valence-electron chi connectivity index (χ1n) is 9.68. The van der Waals surface area contributed by atoms with Crippen LogP contribution in [0.3, 0.4) is 0 Å². The Balaban J connectivity index is 1.58. The van der Waals surface area contributed by atoms with Gasteiger partial charge in [-0.05, 0) is 35.9 Å². The first kappa shape index (κ1) is 17.9. The molecule has 0 saturated carbocycles. The summed E-state index contributed by atoms with van der Waals surface area (Å²) in [5.74, 6) is 0.870. The van der Waals surface area contributed by atoms with Crippen LogP contribution in [0.25, 0.3) is 10.2 Å². The highest BCUT2D eigenvalue weighted by molar-refractivity contribution is 7.19. The summed E-state index contributed by atoms with van der Waals surface area (Å²) in [5.41, 5.74) is 4.71. The van der Waals surface area contributed by atoms with E-state index < -0.39 is 0 Å². The quantitative estimate of drug-likeness (QED) is 0.447. The number of para-hydroxylation sites is 2. The smallest absolute Gasteiger partial charge is 0.286 e. The van der Waals surface area contributed by atoms with Gasteiger partial charge in [0.1, 0.15) is 23.2 Å². The van der Waals surface area contributed by atoms with E-state index in [1.165, 1.54) is 20.8 Å². The van der Waals surface area contributed by atoms with E-state index in [0.717, 1.165) is 23.6 Å². The lowest BCUT2D eigenvalue weighted by molar-refractivity contribution is -0.641. The molecular weight excluding hydrogens is 378 g/mol. The molecule has 1 aliphatic rings. The molecule has 0 spiro atoms. The lowest BCUT2D eigenvalue weighted by atomic mass is 10.0. The van der Waals surface area contributed by atoms with Crippen molar-refractivity contribution >= 4 is 33.0 Å². The fraction of sp³-hybridized carbons (Fsp3) is 0.167. The van der Waals surface area contributed by atoms with Crippen LogP contribution in [-0.2, 0) is 7.05 Å². The predicted molar refractivity (Wildman–Crippen MR) is 119 cm³/mol. The zero-order valence-corrected chi connectivity index (χ0v) is 17.3. The highest BCUT2D eigenvalue weighted by atomic mass is 32.1. The van der Waals surface area contributed by atoms with E-state index in [1.54, 1.807) is 7.11 Å². The van der Waals surface area contributed by atoms with Crippen molar-refractivity contribution in [1.82, 2.24) is 0 Å². The van der Waals surface area contributed by atoms with Crippen LogP contribution in [0.4, 0.5) is 5.69 Å². The topological polar surface area (TPSA) is 28.7 Å². The van der Waals surface area contributed by atoms with Crippen LogP contribution in [-0.4, -0.2) is 12.8 Å². The van der Waals surface area contributed by atoms with Gasteiger partial charge in [-0.25, -0.2) is 0 Å². The van der Waals surface area contributed by atoms with Crippen LogP contribution in [0.15, 0.2) is 84.0 Å². The molecule has 0 fully saturated rings. The number of hydrazone groups is 1. The third-order valence-electron chi connectivity index (χ3n) is 5.42. The Bertz CT molecular complexity index is 1180. The lowest BCUT2D eigenvalue weighted by Gasteiger charge is -2.24. The van der Waals surface area contributed by atoms with Gasteiger partial charge in [0.05, 0.1) is 18.8 Å². The summed E-state index contributed by atoms with van der Waals surface area (Å²) >= 11 is 1.81. The molecule has 0 bridgehead atoms. The van der Waals surface area contributed by atoms with Gasteiger partial charge in [-0.2, -0.15) is 9.67 Å². The fourth-order valence-corrected chi connectivity index (χ4v) is 5.04. The SMILES string of the molecule is COc1ccc(C2CC(c3sc4ccccc4[n+]3C)=NN2c2ccccc2)cc1. The second-order valence-corrected chi connectivity index (χ2v) is 8.18. The second kappa shape index (κ2) is 7.33. The Morgan fingerprint density at radius 1 is 0.966 bits per heavy atom. The van der Waals surface area contributed by atoms with Gasteiger partial charge in [0.25, 0.3) is 5.01 Å². The van der Waals surface area contributed by atoms with Crippen molar-refractivity contribution in [2.24, 2.45) is 12.1 Å². The number of aryl methyl sites for hydroxylation is 1. The number of thiazole rings is 1. The first-order valence-corrected chi connectivity index (χ1v) is 10.5. The summed E-state index contributed by atoms with van der Waals surface area (Å²) in [6.45, 7) is 0. The van der Waals surface area contributed by atoms with Gasteiger partial charge in [-0.3, -0.25) is 5.01 Å². The van der Waals surface area contributed by atoms with E-state index in [0.29, 0.717) is 0 Å². The summed E-state index contributed by atoms with van der Waals surface area (Å²) in [5, 5.41) is 8.46. The summed E-state index contributed by atoms with van der Waals surface area (Å²) in [7, 11) is 3.83. The van der Waals surface area contributed by atoms with Crippen LogP contribution in [0.5, 0.6) is 5.75 Å². The molecule has 3 aromatic carbocycles. The third-order valence-corrected chi connectivity index (χ3v) is 6.68. The highest BCUT2D eigenvalue weighted by Gasteiger charge is 2.34. The molecule has 1 unspecified atom stereocenters. The molecule has 1 atom stereocenters. The Morgan fingerprint density at radius 3 is 2.41 bits per heavy atom. The minimum Gasteiger partial charge on any atom is -0.497 e. The summed E-state index contributed by atoms with van der Waals surface area (Å²) in [4.78, 5) is 0. The zero-order valence-electron chi connectivity index (χ0n) is 16.4. The van der Waals surface area contributed by atoms with Crippen LogP contribution in [0, 0.1) is 0 Å². The monoisotopic (exact) mass is 400 g/mol. The number of methoxy groups -OCH3 is 1. The largest absolute Gasteiger partial charge is 0.497 e. The van der Waals surface area contributed by atoms with Crippen molar-refractivity contribution in [2.45, 2.75) is 12.5 Å². The van der Waals surface area contributed by atoms with Crippen molar-refractivity contribution in [3.63, 3.8) is 0 Å². The van der Waals surface area contributed by atoms with Gasteiger partial charge in [-0.1, -0.05) is 53.8 Å². The van der Waals surface area contributed by atoms with Crippen LogP contribution in [0.1, 0.15) is 23.0 Å². The molecule has 144 valence electrons. The Kier molecular flexibility index (Phi) is 4.52. The van der Waals surface area contributed by atoms with Crippen molar-refractivity contribution in [3.8, 4) is 5.75 Å². The van der Waals surface area contributed by atoms with Crippen LogP contribution < -0.4 is 14.3 Å². The van der Waals surface area contributed by atoms with E-state index in [4.69, 9.17) is 9.84 Å². The molecular formula is C24H22N3OS+. The Morgan fingerprint density at radius 2 is 1.69 bits per heavy atom. The van der Waals surface area contributed by atoms with Gasteiger partial charge in [-0.15, -0.1) is 0 Å². The third kappa shape index (κ3) is 3.17. The maximum Gasteiger partial charge on any atom is 0.286 e. The number of aromatic nitrogens is 1. The molecule has 0 saturated heterocycles. The minimum atomic E-state index is 0.156. The normalized spacial score (nSPS) is 16.3. The van der Waals surface area contributed by atoms with Crippen LogP contribution >= 0.6 is 11.3 Å². The zero-order chi connectivity index (χ0) is 19.8. The number of nitrogens with zero attached hydrogens (tertiary/aromatic N) is 3. The molecule has 0 aliphatic carbocycles. The summed E-state index contributed by atoms with van der Waals surface area (Å²) < 4.78 is 8.89. The van der Waals surface area contributed by atoms with Crippen LogP contribution in [0.2, 0.25) is 0 Å². The van der Waals surface area contributed by atoms with Crippen molar-refractivity contribution < 1.29 is 9.30 Å². The first-order chi connectivity index (χ1) is 14.2. The van der Waals surface area contributed by atoms with Gasteiger partial charge >= 0.3 is 0 Å². The minimum absolute atomic E-state index is 0.156. The van der Waals surface area contributed by atoms with E-state index >= 15 is 0 Å². The molecule has 0 N–H and O–H groups in total. The number of hydrogen-bond donors (Lipinski definition) is 0. The Hall–Kier alpha value is -3.18. The highest BCUT2D eigenvalue weighted by Crippen LogP contribution is 2.37. The van der Waals surface area contributed by atoms with Crippen molar-refractivity contribution in [3.05, 3.63) is 89.4 Å². The standard InChI is InChI=1S/C24H22N3OS/c1-26-21-10-6-7-11-23(21)29-24(26)20-16-22(17-12-14-19(28-2)15-13-17)27(25-20)18-8-4-3-5-9-18/h3-15,22H,16H2,1-2H3/q+1. The van der Waals surface area contributed by atoms with E-state index in [2.05, 4.69) is 77.3 Å². The predicted octanol–water partition coefficient (Wildman–Crippen LogP) is 5.09. The van der Waals surface area contributed by atoms with Gasteiger partial charge in [0.2, 0.25) is 5.52 Å². The van der Waals surface area contributed by atoms with Gasteiger partial charge in [0.15, 0.2) is 0 Å². The number of fused-ring (bicyclic) bond motifs is 1. The molecule has 5 heteroatoms. The average Bonchev–Trinajstić information content (AvgIpc) is 3.36. The number of benzene rings is 3. The molecule has 1 aliphatic heterocycles. The number of hydrogen-bond acceptors (Lipinski definition) is 4. The fourth-order valence-electron chi connectivity index (χ4n) is 3.90. The maximum atomic E-state index is 5.34. The maximum absolute atomic E-state index is 5.34. The molecule has 4 nitrogen and oxygen atoms in total. The van der Waals surface area contributed by atoms with E-state index in [9.17, 15) is 0 Å². The van der Waals surface area contributed by atoms with E-state index in [-0.39, 0.29) is 6.04 Å². The molecule has 5 rings (SSSR count). The Labute approximate surface area is 174 Å². The molecule has 1 aromatic heterocycles. The van der Waals surface area contributed by atoms with Gasteiger partial charge in [0, 0.05) is 12.5 Å². The second-order valence-electron chi connectivity index (χ2n) is 7.15. The number of ether oxygens (including phenoxy) is 1. The average molecular weight is 401 g/mol. The summed E-state index contributed by atoms with van der Waals surface area (Å²) in [6.07, 6.45) is 0.863. The van der Waals surface area contributed by atoms with Crippen molar-refractivity contribution in [2.75, 3.05) is 12.1 Å². The molecule has 4 aromatic rings. The molecule has 0 amide bonds. The molecule has 29 heavy (non-hydrogen) atoms. The summed E-state index contributed by atoms with van der Waals surface area (Å²) in [6, 6.07) is 27.4. The van der Waals surface area contributed by atoms with Crippen molar-refractivity contribution in [1.29, 1.82) is 0 Å². The lowest BCUT2D eigenvalue weighted by Crippen LogP contribution is -2.33. The number of anilines is 1.